The van der Waals surface area contributed by atoms with E-state index in [-0.39, 0.29) is 11.5 Å². The summed E-state index contributed by atoms with van der Waals surface area (Å²) in [4.78, 5) is 0. The van der Waals surface area contributed by atoms with Gasteiger partial charge in [0, 0.05) is 6.07 Å². The number of anilines is 1. The normalized spacial score (nSPS) is 10.6. The van der Waals surface area contributed by atoms with Crippen molar-refractivity contribution in [2.24, 2.45) is 10.8 Å². The second-order valence-corrected chi connectivity index (χ2v) is 3.18. The van der Waals surface area contributed by atoms with Gasteiger partial charge in [-0.25, -0.2) is 4.39 Å². The van der Waals surface area contributed by atoms with Crippen molar-refractivity contribution in [3.8, 4) is 11.8 Å². The Hall–Kier alpha value is -2.62. The molecule has 1 aromatic carbocycles. The van der Waals surface area contributed by atoms with Gasteiger partial charge in [-0.15, -0.1) is 0 Å². The molecule has 0 unspecified atom stereocenters. The lowest BCUT2D eigenvalue weighted by atomic mass is 10.3. The Labute approximate surface area is 103 Å². The second kappa shape index (κ2) is 6.20. The minimum absolute atomic E-state index is 0.138. The molecular weight excluding hydrogens is 237 g/mol. The Morgan fingerprint density at radius 2 is 2.39 bits per heavy atom. The molecule has 0 atom stereocenters. The van der Waals surface area contributed by atoms with E-state index in [2.05, 4.69) is 10.5 Å². The van der Waals surface area contributed by atoms with E-state index in [0.717, 1.165) is 0 Å². The molecule has 0 aliphatic heterocycles. The topological polar surface area (TPSA) is 107 Å². The summed E-state index contributed by atoms with van der Waals surface area (Å²) >= 11 is 0. The summed E-state index contributed by atoms with van der Waals surface area (Å²) in [6.45, 7) is 2.12. The highest BCUT2D eigenvalue weighted by Gasteiger charge is 2.05. The average Bonchev–Trinajstić information content (AvgIpc) is 2.33. The molecule has 0 radical (unpaired) electrons. The zero-order valence-electron chi connectivity index (χ0n) is 9.70. The molecule has 0 heterocycles. The van der Waals surface area contributed by atoms with Gasteiger partial charge < -0.3 is 10.5 Å². The molecule has 0 saturated heterocycles. The van der Waals surface area contributed by atoms with Gasteiger partial charge >= 0.3 is 0 Å². The van der Waals surface area contributed by atoms with Crippen LogP contribution >= 0.6 is 0 Å². The van der Waals surface area contributed by atoms with Crippen LogP contribution in [0.5, 0.6) is 5.75 Å². The lowest BCUT2D eigenvalue weighted by Gasteiger charge is -2.06. The minimum atomic E-state index is -0.543. The Balaban J connectivity index is 2.84. The van der Waals surface area contributed by atoms with Crippen molar-refractivity contribution >= 4 is 17.2 Å². The molecule has 0 fully saturated rings. The van der Waals surface area contributed by atoms with Crippen LogP contribution in [0.1, 0.15) is 6.92 Å². The molecule has 0 amide bonds. The number of hydrazone groups is 1. The zero-order chi connectivity index (χ0) is 13.5. The lowest BCUT2D eigenvalue weighted by molar-refractivity contribution is 0.321. The summed E-state index contributed by atoms with van der Waals surface area (Å²) in [6.07, 6.45) is 0. The third kappa shape index (κ3) is 3.45. The highest BCUT2D eigenvalue weighted by molar-refractivity contribution is 6.45. The molecule has 1 aromatic rings. The van der Waals surface area contributed by atoms with Gasteiger partial charge in [0.05, 0.1) is 12.3 Å². The predicted molar refractivity (Wildman–Crippen MR) is 66.2 cm³/mol. The third-order valence-corrected chi connectivity index (χ3v) is 1.89. The van der Waals surface area contributed by atoms with Gasteiger partial charge in [-0.2, -0.15) is 10.4 Å². The standard InChI is InChI=1S/C11H12FN5O/c1-2-18-10-4-3-7(5-8(10)12)16-17-9(6-13)11(14)15/h3-5,16H,2H2,1H3,(H3,14,15)/b17-9+. The Kier molecular flexibility index (Phi) is 4.63. The SMILES string of the molecule is CCOc1ccc(N/N=C(\C#N)C(=N)N)cc1F. The Morgan fingerprint density at radius 1 is 1.67 bits per heavy atom. The number of rotatable bonds is 5. The first-order chi connectivity index (χ1) is 8.58. The number of nitrogens with two attached hydrogens (primary N) is 1. The number of halogens is 1. The van der Waals surface area contributed by atoms with Crippen LogP contribution in [0.4, 0.5) is 10.1 Å². The second-order valence-electron chi connectivity index (χ2n) is 3.18. The van der Waals surface area contributed by atoms with Crippen LogP contribution in [0.2, 0.25) is 0 Å². The lowest BCUT2D eigenvalue weighted by Crippen LogP contribution is -2.21. The van der Waals surface area contributed by atoms with Gasteiger partial charge in [0.25, 0.3) is 0 Å². The van der Waals surface area contributed by atoms with Crippen LogP contribution in [0.3, 0.4) is 0 Å². The fourth-order valence-corrected chi connectivity index (χ4v) is 1.11. The predicted octanol–water partition coefficient (Wildman–Crippen LogP) is 1.45. The van der Waals surface area contributed by atoms with Crippen molar-refractivity contribution in [3.05, 3.63) is 24.0 Å². The van der Waals surface area contributed by atoms with Crippen molar-refractivity contribution in [1.29, 1.82) is 10.7 Å². The fourth-order valence-electron chi connectivity index (χ4n) is 1.11. The van der Waals surface area contributed by atoms with Crippen LogP contribution in [0.25, 0.3) is 0 Å². The number of nitriles is 1. The first kappa shape index (κ1) is 13.4. The summed E-state index contributed by atoms with van der Waals surface area (Å²) in [5.41, 5.74) is 7.59. The van der Waals surface area contributed by atoms with Crippen molar-refractivity contribution in [1.82, 2.24) is 0 Å². The van der Waals surface area contributed by atoms with E-state index >= 15 is 0 Å². The molecule has 4 N–H and O–H groups in total. The first-order valence-electron chi connectivity index (χ1n) is 5.09. The number of hydrogen-bond donors (Lipinski definition) is 3. The molecule has 0 bridgehead atoms. The molecular formula is C11H12FN5O. The summed E-state index contributed by atoms with van der Waals surface area (Å²) in [7, 11) is 0. The van der Waals surface area contributed by atoms with Gasteiger partial charge in [0.15, 0.2) is 17.4 Å². The zero-order valence-corrected chi connectivity index (χ0v) is 9.70. The summed E-state index contributed by atoms with van der Waals surface area (Å²) < 4.78 is 18.5. The minimum Gasteiger partial charge on any atom is -0.491 e. The monoisotopic (exact) mass is 249 g/mol. The van der Waals surface area contributed by atoms with Crippen molar-refractivity contribution in [3.63, 3.8) is 0 Å². The molecule has 0 aliphatic carbocycles. The molecule has 94 valence electrons. The molecule has 0 spiro atoms. The molecule has 0 saturated carbocycles. The van der Waals surface area contributed by atoms with Gasteiger partial charge in [-0.1, -0.05) is 0 Å². The number of amidine groups is 1. The highest BCUT2D eigenvalue weighted by Crippen LogP contribution is 2.21. The molecule has 18 heavy (non-hydrogen) atoms. The average molecular weight is 249 g/mol. The summed E-state index contributed by atoms with van der Waals surface area (Å²) in [5.74, 6) is -0.867. The Bertz CT molecular complexity index is 521. The molecule has 0 aliphatic rings. The largest absolute Gasteiger partial charge is 0.491 e. The van der Waals surface area contributed by atoms with E-state index in [0.29, 0.717) is 12.3 Å². The number of hydrogen-bond acceptors (Lipinski definition) is 5. The first-order valence-corrected chi connectivity index (χ1v) is 5.09. The fraction of sp³-hybridized carbons (Fsp3) is 0.182. The molecule has 7 heteroatoms. The van der Waals surface area contributed by atoms with Crippen molar-refractivity contribution < 1.29 is 9.13 Å². The smallest absolute Gasteiger partial charge is 0.201 e. The highest BCUT2D eigenvalue weighted by atomic mass is 19.1. The van der Waals surface area contributed by atoms with E-state index in [4.69, 9.17) is 21.1 Å². The van der Waals surface area contributed by atoms with Crippen LogP contribution in [-0.2, 0) is 0 Å². The number of benzene rings is 1. The van der Waals surface area contributed by atoms with Gasteiger partial charge in [0.2, 0.25) is 5.71 Å². The van der Waals surface area contributed by atoms with Gasteiger partial charge in [-0.05, 0) is 19.1 Å². The van der Waals surface area contributed by atoms with Crippen LogP contribution in [-0.4, -0.2) is 18.2 Å². The molecule has 6 nitrogen and oxygen atoms in total. The van der Waals surface area contributed by atoms with Crippen molar-refractivity contribution in [2.45, 2.75) is 6.92 Å². The maximum absolute atomic E-state index is 13.5. The molecule has 0 aromatic heterocycles. The van der Waals surface area contributed by atoms with Crippen LogP contribution in [0, 0.1) is 22.6 Å². The van der Waals surface area contributed by atoms with Gasteiger partial charge in [0.1, 0.15) is 6.07 Å². The van der Waals surface area contributed by atoms with E-state index in [1.165, 1.54) is 18.2 Å². The van der Waals surface area contributed by atoms with Crippen molar-refractivity contribution in [2.75, 3.05) is 12.0 Å². The maximum Gasteiger partial charge on any atom is 0.201 e. The number of nitrogens with one attached hydrogen (secondary N) is 2. The third-order valence-electron chi connectivity index (χ3n) is 1.89. The number of ether oxygens (including phenoxy) is 1. The maximum atomic E-state index is 13.5. The molecule has 1 rings (SSSR count). The summed E-state index contributed by atoms with van der Waals surface area (Å²) in [6, 6.07) is 5.78. The van der Waals surface area contributed by atoms with Gasteiger partial charge in [-0.3, -0.25) is 10.8 Å². The number of nitrogens with zero attached hydrogens (tertiary/aromatic N) is 2. The summed E-state index contributed by atoms with van der Waals surface area (Å²) in [5, 5.41) is 19.2. The van der Waals surface area contributed by atoms with E-state index in [9.17, 15) is 4.39 Å². The van der Waals surface area contributed by atoms with E-state index in [1.807, 2.05) is 0 Å². The quantitative estimate of drug-likeness (QED) is 0.417. The van der Waals surface area contributed by atoms with E-state index < -0.39 is 11.7 Å². The van der Waals surface area contributed by atoms with Crippen LogP contribution < -0.4 is 15.9 Å². The van der Waals surface area contributed by atoms with E-state index in [1.54, 1.807) is 13.0 Å². The van der Waals surface area contributed by atoms with Crippen LogP contribution in [0.15, 0.2) is 23.3 Å². The Morgan fingerprint density at radius 3 is 2.89 bits per heavy atom.